The standard InChI is InChI=1S/C42H77NO8/c1-5-8-10-24-30-37(31-26-20-16-12-14-18-22-28-34-40(45)48-4)50-41(46)35-29-23-19-15-13-17-21-27-33-38(32-25-11-9-6-2)51-42(47)43-36-49-39(44)7-3/h7,37-38H,3,5-6,8-36H2,1-2,4H3,(H,43,47). The van der Waals surface area contributed by atoms with Gasteiger partial charge in [-0.25, -0.2) is 9.59 Å². The Balaban J connectivity index is 4.13. The summed E-state index contributed by atoms with van der Waals surface area (Å²) in [5.41, 5.74) is 0. The van der Waals surface area contributed by atoms with E-state index in [4.69, 9.17) is 18.9 Å². The molecule has 0 saturated heterocycles. The number of methoxy groups -OCH3 is 1. The van der Waals surface area contributed by atoms with Gasteiger partial charge in [0.1, 0.15) is 12.2 Å². The zero-order valence-electron chi connectivity index (χ0n) is 33.1. The zero-order valence-corrected chi connectivity index (χ0v) is 33.1. The largest absolute Gasteiger partial charge is 0.469 e. The Morgan fingerprint density at radius 3 is 1.31 bits per heavy atom. The number of nitrogens with one attached hydrogen (secondary N) is 1. The second-order valence-corrected chi connectivity index (χ2v) is 14.1. The highest BCUT2D eigenvalue weighted by Crippen LogP contribution is 2.19. The molecule has 0 aliphatic carbocycles. The Labute approximate surface area is 312 Å². The normalized spacial score (nSPS) is 12.1. The summed E-state index contributed by atoms with van der Waals surface area (Å²) in [4.78, 5) is 47.2. The monoisotopic (exact) mass is 724 g/mol. The van der Waals surface area contributed by atoms with E-state index in [-0.39, 0.29) is 30.9 Å². The van der Waals surface area contributed by atoms with Crippen molar-refractivity contribution in [3.63, 3.8) is 0 Å². The molecule has 0 fully saturated rings. The first-order chi connectivity index (χ1) is 24.9. The van der Waals surface area contributed by atoms with Crippen LogP contribution in [0.2, 0.25) is 0 Å². The quantitative estimate of drug-likeness (QED) is 0.0221. The van der Waals surface area contributed by atoms with Gasteiger partial charge in [0.15, 0.2) is 6.73 Å². The van der Waals surface area contributed by atoms with Crippen LogP contribution in [0.3, 0.4) is 0 Å². The Bertz CT molecular complexity index is 864. The van der Waals surface area contributed by atoms with Crippen LogP contribution in [0.4, 0.5) is 4.79 Å². The number of ether oxygens (including phenoxy) is 4. The van der Waals surface area contributed by atoms with E-state index in [1.807, 2.05) is 0 Å². The molecule has 0 aliphatic heterocycles. The maximum atomic E-state index is 12.7. The second kappa shape index (κ2) is 37.2. The average molecular weight is 724 g/mol. The molecule has 0 rings (SSSR count). The number of rotatable bonds is 37. The van der Waals surface area contributed by atoms with Crippen LogP contribution in [-0.2, 0) is 33.3 Å². The third-order valence-electron chi connectivity index (χ3n) is 9.47. The van der Waals surface area contributed by atoms with Crippen LogP contribution in [0.1, 0.15) is 206 Å². The minimum absolute atomic E-state index is 0.0274. The summed E-state index contributed by atoms with van der Waals surface area (Å²) in [6.07, 6.45) is 32.3. The Morgan fingerprint density at radius 2 is 0.902 bits per heavy atom. The van der Waals surface area contributed by atoms with Crippen molar-refractivity contribution in [3.8, 4) is 0 Å². The van der Waals surface area contributed by atoms with Gasteiger partial charge < -0.3 is 18.9 Å². The summed E-state index contributed by atoms with van der Waals surface area (Å²) in [5.74, 6) is -0.724. The highest BCUT2D eigenvalue weighted by Gasteiger charge is 2.16. The van der Waals surface area contributed by atoms with Gasteiger partial charge in [0.2, 0.25) is 0 Å². The van der Waals surface area contributed by atoms with E-state index in [2.05, 4.69) is 25.7 Å². The Morgan fingerprint density at radius 1 is 0.529 bits per heavy atom. The number of unbranched alkanes of at least 4 members (excludes halogenated alkanes) is 20. The smallest absolute Gasteiger partial charge is 0.410 e. The Kier molecular flexibility index (Phi) is 35.3. The molecule has 0 saturated carbocycles. The molecule has 0 heterocycles. The van der Waals surface area contributed by atoms with Gasteiger partial charge in [0.25, 0.3) is 0 Å². The Hall–Kier alpha value is -2.58. The fourth-order valence-electron chi connectivity index (χ4n) is 6.29. The first kappa shape index (κ1) is 48.4. The molecule has 51 heavy (non-hydrogen) atoms. The van der Waals surface area contributed by atoms with E-state index in [0.29, 0.717) is 12.8 Å². The molecule has 9 heteroatoms. The summed E-state index contributed by atoms with van der Waals surface area (Å²) in [6, 6.07) is 0. The maximum absolute atomic E-state index is 12.7. The fraction of sp³-hybridized carbons (Fsp3) is 0.857. The van der Waals surface area contributed by atoms with E-state index in [1.54, 1.807) is 0 Å². The lowest BCUT2D eigenvalue weighted by molar-refractivity contribution is -0.150. The summed E-state index contributed by atoms with van der Waals surface area (Å²) < 4.78 is 21.1. The first-order valence-corrected chi connectivity index (χ1v) is 20.9. The fourth-order valence-corrected chi connectivity index (χ4v) is 6.29. The van der Waals surface area contributed by atoms with Crippen LogP contribution in [0.5, 0.6) is 0 Å². The van der Waals surface area contributed by atoms with Gasteiger partial charge in [-0.2, -0.15) is 0 Å². The van der Waals surface area contributed by atoms with Crippen LogP contribution in [0.15, 0.2) is 12.7 Å². The lowest BCUT2D eigenvalue weighted by atomic mass is 10.0. The predicted molar refractivity (Wildman–Crippen MR) is 206 cm³/mol. The van der Waals surface area contributed by atoms with Crippen LogP contribution >= 0.6 is 0 Å². The summed E-state index contributed by atoms with van der Waals surface area (Å²) >= 11 is 0. The summed E-state index contributed by atoms with van der Waals surface area (Å²) in [6.45, 7) is 7.51. The van der Waals surface area contributed by atoms with Crippen molar-refractivity contribution in [2.45, 2.75) is 219 Å². The molecule has 9 nitrogen and oxygen atoms in total. The molecule has 2 atom stereocenters. The lowest BCUT2D eigenvalue weighted by Crippen LogP contribution is -2.31. The van der Waals surface area contributed by atoms with Crippen molar-refractivity contribution in [2.75, 3.05) is 13.8 Å². The van der Waals surface area contributed by atoms with Gasteiger partial charge >= 0.3 is 24.0 Å². The van der Waals surface area contributed by atoms with Crippen LogP contribution in [0, 0.1) is 0 Å². The van der Waals surface area contributed by atoms with Crippen LogP contribution in [-0.4, -0.2) is 50.0 Å². The molecule has 0 aromatic rings. The van der Waals surface area contributed by atoms with Crippen LogP contribution in [0.25, 0.3) is 0 Å². The number of carbonyl (C=O) groups excluding carboxylic acids is 4. The van der Waals surface area contributed by atoms with Crippen molar-refractivity contribution in [2.24, 2.45) is 0 Å². The number of esters is 3. The molecule has 298 valence electrons. The van der Waals surface area contributed by atoms with Gasteiger partial charge in [-0.3, -0.25) is 14.9 Å². The molecule has 0 spiro atoms. The molecule has 2 unspecified atom stereocenters. The number of alkyl carbamates (subject to hydrolysis) is 1. The summed E-state index contributed by atoms with van der Waals surface area (Å²) in [7, 11) is 1.45. The number of carbonyl (C=O) groups is 4. The van der Waals surface area contributed by atoms with E-state index < -0.39 is 12.1 Å². The van der Waals surface area contributed by atoms with E-state index in [0.717, 1.165) is 115 Å². The van der Waals surface area contributed by atoms with Crippen molar-refractivity contribution < 1.29 is 38.1 Å². The number of hydrogen-bond acceptors (Lipinski definition) is 8. The molecule has 0 aliphatic rings. The minimum Gasteiger partial charge on any atom is -0.469 e. The molecular weight excluding hydrogens is 646 g/mol. The summed E-state index contributed by atoms with van der Waals surface area (Å²) in [5, 5.41) is 2.48. The van der Waals surface area contributed by atoms with Crippen molar-refractivity contribution in [1.29, 1.82) is 0 Å². The zero-order chi connectivity index (χ0) is 37.6. The number of amides is 1. The molecule has 0 radical (unpaired) electrons. The molecule has 1 amide bonds. The van der Waals surface area contributed by atoms with E-state index >= 15 is 0 Å². The molecule has 1 N–H and O–H groups in total. The molecule has 0 bridgehead atoms. The third-order valence-corrected chi connectivity index (χ3v) is 9.47. The van der Waals surface area contributed by atoms with Crippen LogP contribution < -0.4 is 5.32 Å². The second-order valence-electron chi connectivity index (χ2n) is 14.1. The van der Waals surface area contributed by atoms with E-state index in [9.17, 15) is 19.2 Å². The van der Waals surface area contributed by atoms with E-state index in [1.165, 1.54) is 77.7 Å². The van der Waals surface area contributed by atoms with Gasteiger partial charge in [-0.05, 0) is 64.2 Å². The number of hydrogen-bond donors (Lipinski definition) is 1. The maximum Gasteiger partial charge on any atom is 0.410 e. The molecule has 0 aromatic heterocycles. The highest BCUT2D eigenvalue weighted by atomic mass is 16.6. The predicted octanol–water partition coefficient (Wildman–Crippen LogP) is 11.6. The molecular formula is C42H77NO8. The highest BCUT2D eigenvalue weighted by molar-refractivity contribution is 5.81. The topological polar surface area (TPSA) is 117 Å². The third kappa shape index (κ3) is 34.3. The van der Waals surface area contributed by atoms with Gasteiger partial charge in [-0.1, -0.05) is 136 Å². The SMILES string of the molecule is C=CC(=O)OCNC(=O)OC(CCCCCC)CCCCCCCCCCC(=O)OC(CCCCCC)CCCCCCCCCCC(=O)OC. The van der Waals surface area contributed by atoms with Crippen molar-refractivity contribution in [1.82, 2.24) is 5.32 Å². The minimum atomic E-state index is -0.585. The molecule has 0 aromatic carbocycles. The average Bonchev–Trinajstić information content (AvgIpc) is 3.12. The van der Waals surface area contributed by atoms with Crippen molar-refractivity contribution >= 4 is 24.0 Å². The lowest BCUT2D eigenvalue weighted by Gasteiger charge is -2.18. The van der Waals surface area contributed by atoms with Gasteiger partial charge in [0.05, 0.1) is 7.11 Å². The first-order valence-electron chi connectivity index (χ1n) is 20.9. The van der Waals surface area contributed by atoms with Gasteiger partial charge in [0, 0.05) is 18.9 Å². The van der Waals surface area contributed by atoms with Gasteiger partial charge in [-0.15, -0.1) is 0 Å². The van der Waals surface area contributed by atoms with Crippen molar-refractivity contribution in [3.05, 3.63) is 12.7 Å².